The van der Waals surface area contributed by atoms with Crippen molar-refractivity contribution in [1.29, 1.82) is 0 Å². The fraction of sp³-hybridized carbons (Fsp3) is 0.211. The molecule has 3 rings (SSSR count). The molecule has 0 bridgehead atoms. The monoisotopic (exact) mass is 367 g/mol. The zero-order chi connectivity index (χ0) is 18.5. The number of hydrazone groups is 1. The lowest BCUT2D eigenvalue weighted by Crippen LogP contribution is -2.21. The first-order chi connectivity index (χ1) is 12.6. The van der Waals surface area contributed by atoms with Gasteiger partial charge < -0.3 is 14.9 Å². The van der Waals surface area contributed by atoms with Gasteiger partial charge in [-0.15, -0.1) is 0 Å². The van der Waals surface area contributed by atoms with Gasteiger partial charge in [0.15, 0.2) is 4.77 Å². The molecule has 1 aromatic heterocycles. The summed E-state index contributed by atoms with van der Waals surface area (Å²) in [5.74, 6) is -0.275. The molecular weight excluding hydrogens is 346 g/mol. The summed E-state index contributed by atoms with van der Waals surface area (Å²) in [6.45, 7) is 6.20. The van der Waals surface area contributed by atoms with Crippen LogP contribution in [0.4, 0.5) is 5.69 Å². The topological polar surface area (TPSA) is 76.3 Å². The van der Waals surface area contributed by atoms with Crippen molar-refractivity contribution < 1.29 is 4.79 Å². The van der Waals surface area contributed by atoms with Crippen LogP contribution in [-0.2, 0) is 0 Å². The van der Waals surface area contributed by atoms with Crippen LogP contribution in [0, 0.1) is 4.77 Å². The van der Waals surface area contributed by atoms with Crippen molar-refractivity contribution in [1.82, 2.24) is 15.4 Å². The number of hydrogen-bond donors (Lipinski definition) is 3. The predicted octanol–water partition coefficient (Wildman–Crippen LogP) is 3.84. The van der Waals surface area contributed by atoms with Gasteiger partial charge in [-0.25, -0.2) is 5.43 Å². The Bertz CT molecular complexity index is 983. The molecule has 26 heavy (non-hydrogen) atoms. The Labute approximate surface area is 156 Å². The summed E-state index contributed by atoms with van der Waals surface area (Å²) in [6, 6.07) is 13.4. The van der Waals surface area contributed by atoms with Gasteiger partial charge in [0.05, 0.1) is 17.2 Å². The largest absolute Gasteiger partial charge is 0.372 e. The van der Waals surface area contributed by atoms with Crippen LogP contribution in [0.5, 0.6) is 0 Å². The van der Waals surface area contributed by atoms with Gasteiger partial charge in [-0.2, -0.15) is 5.10 Å². The number of rotatable bonds is 6. The highest BCUT2D eigenvalue weighted by Gasteiger charge is 2.06. The van der Waals surface area contributed by atoms with Gasteiger partial charge in [0.25, 0.3) is 5.91 Å². The molecule has 0 saturated heterocycles. The number of anilines is 1. The van der Waals surface area contributed by atoms with E-state index >= 15 is 0 Å². The van der Waals surface area contributed by atoms with E-state index in [1.165, 1.54) is 5.69 Å². The Kier molecular flexibility index (Phi) is 5.48. The quantitative estimate of drug-likeness (QED) is 0.352. The van der Waals surface area contributed by atoms with Crippen LogP contribution in [0.25, 0.3) is 11.0 Å². The maximum Gasteiger partial charge on any atom is 0.271 e. The van der Waals surface area contributed by atoms with Crippen LogP contribution in [-0.4, -0.2) is 35.2 Å². The minimum atomic E-state index is -0.275. The number of aromatic nitrogens is 2. The fourth-order valence-electron chi connectivity index (χ4n) is 2.76. The second kappa shape index (κ2) is 7.97. The number of H-pyrrole nitrogens is 2. The van der Waals surface area contributed by atoms with E-state index < -0.39 is 0 Å². The van der Waals surface area contributed by atoms with Crippen LogP contribution in [0.3, 0.4) is 0 Å². The number of carbonyl (C=O) groups excluding carboxylic acids is 1. The first-order valence-electron chi connectivity index (χ1n) is 8.51. The molecule has 6 nitrogen and oxygen atoms in total. The van der Waals surface area contributed by atoms with Crippen LogP contribution >= 0.6 is 12.2 Å². The third kappa shape index (κ3) is 4.00. The minimum Gasteiger partial charge on any atom is -0.372 e. The molecule has 0 fully saturated rings. The number of aromatic amines is 2. The highest BCUT2D eigenvalue weighted by Crippen LogP contribution is 2.14. The third-order valence-electron chi connectivity index (χ3n) is 4.18. The van der Waals surface area contributed by atoms with E-state index in [1.54, 1.807) is 18.3 Å². The van der Waals surface area contributed by atoms with Crippen molar-refractivity contribution in [3.63, 3.8) is 0 Å². The Balaban J connectivity index is 1.65. The maximum absolute atomic E-state index is 12.2. The first kappa shape index (κ1) is 17.9. The van der Waals surface area contributed by atoms with Crippen molar-refractivity contribution in [2.75, 3.05) is 18.0 Å². The van der Waals surface area contributed by atoms with Crippen LogP contribution in [0.1, 0.15) is 29.8 Å². The minimum absolute atomic E-state index is 0.275. The lowest BCUT2D eigenvalue weighted by molar-refractivity contribution is 0.0955. The molecule has 0 atom stereocenters. The first-order valence-corrected chi connectivity index (χ1v) is 8.92. The lowest BCUT2D eigenvalue weighted by Gasteiger charge is -2.20. The van der Waals surface area contributed by atoms with Crippen LogP contribution in [0.15, 0.2) is 47.6 Å². The molecule has 0 radical (unpaired) electrons. The smallest absolute Gasteiger partial charge is 0.271 e. The standard InChI is InChI=1S/C19H21N5OS/c1-3-24(4-2)15-8-5-13(6-9-15)12-20-23-18(25)14-7-10-16-17(11-14)22-19(26)21-16/h5-12H,3-4H2,1-2H3,(H,23,25)(H2,21,22,26)/b20-12-. The molecule has 3 N–H and O–H groups in total. The van der Waals surface area contributed by atoms with E-state index in [4.69, 9.17) is 12.2 Å². The number of amides is 1. The summed E-state index contributed by atoms with van der Waals surface area (Å²) in [4.78, 5) is 20.5. The van der Waals surface area contributed by atoms with Gasteiger partial charge >= 0.3 is 0 Å². The van der Waals surface area contributed by atoms with E-state index in [-0.39, 0.29) is 5.91 Å². The Hall–Kier alpha value is -2.93. The molecule has 2 aromatic carbocycles. The molecule has 0 spiro atoms. The Morgan fingerprint density at radius 3 is 2.50 bits per heavy atom. The summed E-state index contributed by atoms with van der Waals surface area (Å²) in [6.07, 6.45) is 1.63. The normalized spacial score (nSPS) is 11.2. The molecule has 0 aliphatic carbocycles. The van der Waals surface area contributed by atoms with Gasteiger partial charge in [0, 0.05) is 24.3 Å². The van der Waals surface area contributed by atoms with E-state index in [2.05, 4.69) is 51.4 Å². The highest BCUT2D eigenvalue weighted by molar-refractivity contribution is 7.71. The zero-order valence-corrected chi connectivity index (χ0v) is 15.6. The molecule has 0 saturated carbocycles. The number of imidazole rings is 1. The summed E-state index contributed by atoms with van der Waals surface area (Å²) in [5, 5.41) is 4.04. The van der Waals surface area contributed by atoms with Crippen LogP contribution < -0.4 is 10.3 Å². The number of hydrogen-bond acceptors (Lipinski definition) is 4. The summed E-state index contributed by atoms with van der Waals surface area (Å²) < 4.78 is 0.531. The van der Waals surface area contributed by atoms with Crippen molar-refractivity contribution in [2.45, 2.75) is 13.8 Å². The van der Waals surface area contributed by atoms with Crippen molar-refractivity contribution in [3.05, 3.63) is 58.4 Å². The van der Waals surface area contributed by atoms with Gasteiger partial charge in [-0.1, -0.05) is 12.1 Å². The van der Waals surface area contributed by atoms with E-state index in [1.807, 2.05) is 18.2 Å². The third-order valence-corrected chi connectivity index (χ3v) is 4.38. The molecule has 0 aliphatic rings. The zero-order valence-electron chi connectivity index (χ0n) is 14.7. The van der Waals surface area contributed by atoms with Crippen molar-refractivity contribution in [3.8, 4) is 0 Å². The second-order valence-electron chi connectivity index (χ2n) is 5.80. The Morgan fingerprint density at radius 1 is 1.12 bits per heavy atom. The van der Waals surface area contributed by atoms with Gasteiger partial charge in [0.1, 0.15) is 0 Å². The van der Waals surface area contributed by atoms with Gasteiger partial charge in [-0.05, 0) is 62.0 Å². The number of fused-ring (bicyclic) bond motifs is 1. The highest BCUT2D eigenvalue weighted by atomic mass is 32.1. The molecule has 7 heteroatoms. The Morgan fingerprint density at radius 2 is 1.81 bits per heavy atom. The van der Waals surface area contributed by atoms with Crippen molar-refractivity contribution in [2.24, 2.45) is 5.10 Å². The number of nitrogens with one attached hydrogen (secondary N) is 3. The summed E-state index contributed by atoms with van der Waals surface area (Å²) >= 11 is 5.05. The number of carbonyl (C=O) groups is 1. The average Bonchev–Trinajstić information content (AvgIpc) is 3.03. The summed E-state index contributed by atoms with van der Waals surface area (Å²) in [7, 11) is 0. The maximum atomic E-state index is 12.2. The van der Waals surface area contributed by atoms with E-state index in [9.17, 15) is 4.79 Å². The van der Waals surface area contributed by atoms with Crippen LogP contribution in [0.2, 0.25) is 0 Å². The molecule has 3 aromatic rings. The SMILES string of the molecule is CCN(CC)c1ccc(/C=N\NC(=O)c2ccc3[nH]c(=S)[nH]c3c2)cc1. The fourth-order valence-corrected chi connectivity index (χ4v) is 2.98. The predicted molar refractivity (Wildman–Crippen MR) is 109 cm³/mol. The van der Waals surface area contributed by atoms with E-state index in [0.717, 1.165) is 29.7 Å². The van der Waals surface area contributed by atoms with Gasteiger partial charge in [0.2, 0.25) is 0 Å². The molecule has 1 heterocycles. The number of benzene rings is 2. The van der Waals surface area contributed by atoms with Crippen molar-refractivity contribution >= 4 is 41.1 Å². The second-order valence-corrected chi connectivity index (χ2v) is 6.21. The molecular formula is C19H21N5OS. The molecule has 0 unspecified atom stereocenters. The van der Waals surface area contributed by atoms with E-state index in [0.29, 0.717) is 10.3 Å². The molecule has 134 valence electrons. The summed E-state index contributed by atoms with van der Waals surface area (Å²) in [5.41, 5.74) is 6.81. The molecule has 1 amide bonds. The number of nitrogens with zero attached hydrogens (tertiary/aromatic N) is 2. The van der Waals surface area contributed by atoms with Gasteiger partial charge in [-0.3, -0.25) is 4.79 Å². The molecule has 0 aliphatic heterocycles. The average molecular weight is 367 g/mol. The lowest BCUT2D eigenvalue weighted by atomic mass is 10.2.